The Morgan fingerprint density at radius 3 is 2.51 bits per heavy atom. The molecule has 1 atom stereocenters. The number of hydrogen-bond donors (Lipinski definition) is 1. The molecule has 1 aromatic carbocycles. The third-order valence-electron chi connectivity index (χ3n) is 8.53. The molecule has 6 rings (SSSR count). The van der Waals surface area contributed by atoms with Crippen molar-refractivity contribution in [2.75, 3.05) is 20.2 Å². The summed E-state index contributed by atoms with van der Waals surface area (Å²) in [5.41, 5.74) is 8.87. The van der Waals surface area contributed by atoms with Gasteiger partial charge < -0.3 is 9.64 Å². The second kappa shape index (κ2) is 9.81. The number of methoxy groups -OCH3 is 1. The number of carbonyl (C=O) groups excluding carboxylic acids is 1. The second-order valence-electron chi connectivity index (χ2n) is 11.1. The third kappa shape index (κ3) is 4.81. The van der Waals surface area contributed by atoms with Gasteiger partial charge in [-0.1, -0.05) is 12.1 Å². The topological polar surface area (TPSA) is 66.5 Å². The minimum Gasteiger partial charge on any atom is -0.496 e. The largest absolute Gasteiger partial charge is 0.496 e. The number of aryl methyl sites for hydroxylation is 3. The molecule has 1 aliphatic heterocycles. The number of aromatic nitrogens is 2. The minimum atomic E-state index is 0.149. The number of pyridine rings is 2. The van der Waals surface area contributed by atoms with E-state index in [2.05, 4.69) is 31.3 Å². The first-order chi connectivity index (χ1) is 18.0. The normalized spacial score (nSPS) is 19.6. The van der Waals surface area contributed by atoms with Gasteiger partial charge in [-0.15, -0.1) is 0 Å². The number of fused-ring (bicyclic) bond motifs is 2. The van der Waals surface area contributed by atoms with Gasteiger partial charge in [-0.25, -0.2) is 0 Å². The Hall–Kier alpha value is -3.41. The molecule has 1 saturated carbocycles. The molecule has 3 aromatic rings. The van der Waals surface area contributed by atoms with Gasteiger partial charge in [-0.2, -0.15) is 0 Å². The van der Waals surface area contributed by atoms with Gasteiger partial charge in [0.15, 0.2) is 0 Å². The van der Waals surface area contributed by atoms with E-state index in [1.54, 1.807) is 31.6 Å². The molecule has 192 valence electrons. The van der Waals surface area contributed by atoms with Crippen LogP contribution in [0.25, 0.3) is 0 Å². The summed E-state index contributed by atoms with van der Waals surface area (Å²) in [6.07, 6.45) is 12.1. The second-order valence-corrected chi connectivity index (χ2v) is 11.1. The van der Waals surface area contributed by atoms with Crippen LogP contribution >= 0.6 is 0 Å². The van der Waals surface area contributed by atoms with Crippen LogP contribution in [0, 0.1) is 12.8 Å². The predicted octanol–water partition coefficient (Wildman–Crippen LogP) is 4.51. The number of amides is 1. The van der Waals surface area contributed by atoms with Crippen molar-refractivity contribution in [2.45, 2.75) is 63.7 Å². The smallest absolute Gasteiger partial charge is 0.226 e. The van der Waals surface area contributed by atoms with Gasteiger partial charge in [0.2, 0.25) is 18.3 Å². The Bertz CT molecular complexity index is 1310. The lowest BCUT2D eigenvalue weighted by atomic mass is 9.75. The summed E-state index contributed by atoms with van der Waals surface area (Å²) in [6.45, 7) is 3.66. The maximum absolute atomic E-state index is 13.1. The molecule has 1 amide bonds. The zero-order chi connectivity index (χ0) is 25.5. The lowest BCUT2D eigenvalue weighted by Crippen LogP contribution is -2.41. The summed E-state index contributed by atoms with van der Waals surface area (Å²) < 4.78 is 6.98. The van der Waals surface area contributed by atoms with E-state index in [-0.39, 0.29) is 11.8 Å². The molecule has 1 saturated heterocycles. The highest BCUT2D eigenvalue weighted by molar-refractivity contribution is 5.78. The van der Waals surface area contributed by atoms with Gasteiger partial charge in [-0.3, -0.25) is 15.0 Å². The fourth-order valence-electron chi connectivity index (χ4n) is 6.43. The average molecular weight is 499 g/mol. The van der Waals surface area contributed by atoms with Crippen molar-refractivity contribution in [3.05, 3.63) is 88.0 Å². The molecule has 1 unspecified atom stereocenters. The van der Waals surface area contributed by atoms with Crippen molar-refractivity contribution in [1.29, 1.82) is 0 Å². The van der Waals surface area contributed by atoms with Crippen molar-refractivity contribution < 1.29 is 19.5 Å². The van der Waals surface area contributed by atoms with E-state index < -0.39 is 0 Å². The van der Waals surface area contributed by atoms with Gasteiger partial charge in [0.25, 0.3) is 0 Å². The van der Waals surface area contributed by atoms with E-state index in [9.17, 15) is 10.0 Å². The molecule has 0 radical (unpaired) electrons. The number of benzene rings is 1. The van der Waals surface area contributed by atoms with Crippen LogP contribution in [0.4, 0.5) is 0 Å². The first kappa shape index (κ1) is 24.0. The fraction of sp³-hybridized carbons (Fsp3) is 0.452. The van der Waals surface area contributed by atoms with Crippen molar-refractivity contribution in [3.8, 4) is 5.75 Å². The average Bonchev–Trinajstić information content (AvgIpc) is 3.77. The fourth-order valence-corrected chi connectivity index (χ4v) is 6.43. The van der Waals surface area contributed by atoms with E-state index in [0.717, 1.165) is 54.8 Å². The highest BCUT2D eigenvalue weighted by Crippen LogP contribution is 2.47. The van der Waals surface area contributed by atoms with Gasteiger partial charge >= 0.3 is 0 Å². The SMILES string of the molecule is COc1cc(C)cc2c1C(C1CCN(C(=O)Cc3cc[n+](O)cc3)CC1)c1ncc(C3CC3)cc1CC2. The van der Waals surface area contributed by atoms with Crippen molar-refractivity contribution >= 4 is 5.91 Å². The van der Waals surface area contributed by atoms with Crippen LogP contribution in [-0.2, 0) is 24.1 Å². The zero-order valence-corrected chi connectivity index (χ0v) is 21.8. The Labute approximate surface area is 218 Å². The third-order valence-corrected chi connectivity index (χ3v) is 8.53. The van der Waals surface area contributed by atoms with Crippen LogP contribution in [0.1, 0.15) is 76.6 Å². The van der Waals surface area contributed by atoms with Crippen LogP contribution in [-0.4, -0.2) is 41.2 Å². The summed E-state index contributed by atoms with van der Waals surface area (Å²) in [6, 6.07) is 10.5. The summed E-state index contributed by atoms with van der Waals surface area (Å²) in [7, 11) is 1.78. The number of hydrogen-bond acceptors (Lipinski definition) is 4. The van der Waals surface area contributed by atoms with Gasteiger partial charge in [0.1, 0.15) is 5.75 Å². The van der Waals surface area contributed by atoms with Crippen LogP contribution < -0.4 is 9.47 Å². The number of likely N-dealkylation sites (tertiary alicyclic amines) is 1. The van der Waals surface area contributed by atoms with E-state index in [4.69, 9.17) is 9.72 Å². The number of ether oxygens (including phenoxy) is 1. The molecule has 0 bridgehead atoms. The summed E-state index contributed by atoms with van der Waals surface area (Å²) in [5, 5.41) is 9.46. The first-order valence-electron chi connectivity index (χ1n) is 13.6. The summed E-state index contributed by atoms with van der Waals surface area (Å²) in [4.78, 5) is 20.2. The van der Waals surface area contributed by atoms with E-state index in [0.29, 0.717) is 18.3 Å². The predicted molar refractivity (Wildman–Crippen MR) is 140 cm³/mol. The molecule has 3 aliphatic rings. The Kier molecular flexibility index (Phi) is 6.35. The first-order valence-corrected chi connectivity index (χ1v) is 13.6. The van der Waals surface area contributed by atoms with Gasteiger partial charge in [-0.05, 0) is 91.2 Å². The van der Waals surface area contributed by atoms with Crippen LogP contribution in [0.2, 0.25) is 0 Å². The van der Waals surface area contributed by atoms with Crippen LogP contribution in [0.15, 0.2) is 48.9 Å². The highest BCUT2D eigenvalue weighted by atomic mass is 16.5. The monoisotopic (exact) mass is 498 g/mol. The molecule has 0 spiro atoms. The molecule has 1 N–H and O–H groups in total. The van der Waals surface area contributed by atoms with Crippen molar-refractivity contribution in [3.63, 3.8) is 0 Å². The molecular formula is C31H36N3O3+. The van der Waals surface area contributed by atoms with E-state index in [1.165, 1.54) is 46.4 Å². The van der Waals surface area contributed by atoms with Crippen LogP contribution in [0.3, 0.4) is 0 Å². The Balaban J connectivity index is 1.28. The molecule has 37 heavy (non-hydrogen) atoms. The minimum absolute atomic E-state index is 0.149. The quantitative estimate of drug-likeness (QED) is 0.415. The molecule has 6 heteroatoms. The summed E-state index contributed by atoms with van der Waals surface area (Å²) in [5.74, 6) is 2.41. The number of rotatable bonds is 5. The maximum atomic E-state index is 13.1. The zero-order valence-electron chi connectivity index (χ0n) is 21.8. The van der Waals surface area contributed by atoms with E-state index in [1.807, 2.05) is 4.90 Å². The lowest BCUT2D eigenvalue weighted by molar-refractivity contribution is -0.904. The standard InChI is InChI=1S/C31H36N3O3/c1-20-15-24-5-6-25-18-26(22-3-4-22)19-32-31(25)30(29(24)27(16-20)37-2)23-9-11-33(12-10-23)28(35)17-21-7-13-34(36)14-8-21/h7-8,13-16,18-19,22-23,30,36H,3-6,9-12,17H2,1-2H3/q+1. The molecule has 6 nitrogen and oxygen atoms in total. The van der Waals surface area contributed by atoms with Gasteiger partial charge in [0, 0.05) is 47.6 Å². The summed E-state index contributed by atoms with van der Waals surface area (Å²) >= 11 is 0. The highest BCUT2D eigenvalue weighted by Gasteiger charge is 2.37. The van der Waals surface area contributed by atoms with Crippen molar-refractivity contribution in [2.24, 2.45) is 5.92 Å². The molecule has 2 aromatic heterocycles. The van der Waals surface area contributed by atoms with Gasteiger partial charge in [0.05, 0.1) is 19.2 Å². The van der Waals surface area contributed by atoms with E-state index >= 15 is 0 Å². The lowest BCUT2D eigenvalue weighted by Gasteiger charge is -2.37. The number of nitrogens with zero attached hydrogens (tertiary/aromatic N) is 3. The Morgan fingerprint density at radius 1 is 1.08 bits per heavy atom. The van der Waals surface area contributed by atoms with Crippen molar-refractivity contribution in [1.82, 2.24) is 9.88 Å². The van der Waals surface area contributed by atoms with Crippen LogP contribution in [0.5, 0.6) is 5.75 Å². The Morgan fingerprint density at radius 2 is 1.81 bits per heavy atom. The number of piperidine rings is 1. The molecule has 2 fully saturated rings. The molecular weight excluding hydrogens is 462 g/mol. The number of carbonyl (C=O) groups is 1. The maximum Gasteiger partial charge on any atom is 0.226 e. The molecule has 2 aliphatic carbocycles. The molecule has 3 heterocycles.